The first-order chi connectivity index (χ1) is 9.33. The molecule has 1 aromatic heterocycles. The Bertz CT molecular complexity index is 682. The molecule has 0 aliphatic carbocycles. The summed E-state index contributed by atoms with van der Waals surface area (Å²) in [4.78, 5) is 8.39. The lowest BCUT2D eigenvalue weighted by molar-refractivity contribution is 0.827. The van der Waals surface area contributed by atoms with Crippen molar-refractivity contribution in [3.63, 3.8) is 0 Å². The van der Waals surface area contributed by atoms with E-state index in [1.165, 1.54) is 16.3 Å². The summed E-state index contributed by atoms with van der Waals surface area (Å²) in [6.45, 7) is 0. The number of nitrogens with zero attached hydrogens (tertiary/aromatic N) is 2. The number of benzene rings is 2. The number of hydrogen-bond donors (Lipinski definition) is 0. The highest BCUT2D eigenvalue weighted by Crippen LogP contribution is 2.24. The zero-order valence-corrected chi connectivity index (χ0v) is 11.1. The minimum Gasteiger partial charge on any atom is -0.240 e. The molecule has 1 unspecified atom stereocenters. The largest absolute Gasteiger partial charge is 0.240 e. The highest BCUT2D eigenvalue weighted by atomic mass is 35.5. The normalized spacial score (nSPS) is 12.5. The van der Waals surface area contributed by atoms with Gasteiger partial charge in [-0.05, 0) is 28.8 Å². The number of halogens is 1. The van der Waals surface area contributed by atoms with Crippen molar-refractivity contribution < 1.29 is 0 Å². The molecule has 0 amide bonds. The molecule has 0 radical (unpaired) electrons. The van der Waals surface area contributed by atoms with Crippen LogP contribution in [0.5, 0.6) is 0 Å². The predicted octanol–water partition coefficient (Wildman–Crippen LogP) is 4.15. The highest BCUT2D eigenvalue weighted by molar-refractivity contribution is 6.20. The minimum absolute atomic E-state index is 0.192. The van der Waals surface area contributed by atoms with Crippen LogP contribution >= 0.6 is 11.6 Å². The lowest BCUT2D eigenvalue weighted by Gasteiger charge is -2.08. The topological polar surface area (TPSA) is 25.8 Å². The van der Waals surface area contributed by atoms with E-state index in [4.69, 9.17) is 11.6 Å². The predicted molar refractivity (Wildman–Crippen MR) is 78.3 cm³/mol. The molecule has 2 aromatic carbocycles. The molecular weight excluding hydrogens is 256 g/mol. The molecule has 0 spiro atoms. The van der Waals surface area contributed by atoms with E-state index in [-0.39, 0.29) is 5.38 Å². The van der Waals surface area contributed by atoms with Gasteiger partial charge in [0.15, 0.2) is 0 Å². The molecule has 1 heterocycles. The Kier molecular flexibility index (Phi) is 3.43. The second kappa shape index (κ2) is 5.37. The monoisotopic (exact) mass is 268 g/mol. The maximum absolute atomic E-state index is 6.37. The van der Waals surface area contributed by atoms with Crippen molar-refractivity contribution in [2.24, 2.45) is 0 Å². The van der Waals surface area contributed by atoms with E-state index in [0.29, 0.717) is 5.82 Å². The van der Waals surface area contributed by atoms with Crippen LogP contribution in [-0.2, 0) is 6.42 Å². The van der Waals surface area contributed by atoms with Crippen molar-refractivity contribution in [1.82, 2.24) is 9.97 Å². The molecule has 0 N–H and O–H groups in total. The van der Waals surface area contributed by atoms with E-state index in [2.05, 4.69) is 40.3 Å². The average molecular weight is 269 g/mol. The average Bonchev–Trinajstić information content (AvgIpc) is 2.48. The van der Waals surface area contributed by atoms with Crippen molar-refractivity contribution in [2.75, 3.05) is 0 Å². The van der Waals surface area contributed by atoms with Crippen molar-refractivity contribution in [2.45, 2.75) is 11.8 Å². The summed E-state index contributed by atoms with van der Waals surface area (Å²) in [5.74, 6) is 0.678. The van der Waals surface area contributed by atoms with Gasteiger partial charge in [-0.3, -0.25) is 0 Å². The van der Waals surface area contributed by atoms with Gasteiger partial charge in [-0.1, -0.05) is 42.5 Å². The molecule has 94 valence electrons. The Morgan fingerprint density at radius 1 is 0.895 bits per heavy atom. The van der Waals surface area contributed by atoms with Crippen LogP contribution in [0.1, 0.15) is 16.8 Å². The van der Waals surface area contributed by atoms with Gasteiger partial charge in [-0.2, -0.15) is 0 Å². The summed E-state index contributed by atoms with van der Waals surface area (Å²) in [7, 11) is 0. The first-order valence-corrected chi connectivity index (χ1v) is 6.65. The molecule has 3 rings (SSSR count). The fourth-order valence-corrected chi connectivity index (χ4v) is 2.43. The van der Waals surface area contributed by atoms with E-state index in [0.717, 1.165) is 6.42 Å². The van der Waals surface area contributed by atoms with E-state index in [1.54, 1.807) is 18.5 Å². The molecule has 0 bridgehead atoms. The Balaban J connectivity index is 1.85. The Labute approximate surface area is 117 Å². The molecule has 2 nitrogen and oxygen atoms in total. The molecule has 0 aliphatic heterocycles. The van der Waals surface area contributed by atoms with Crippen molar-refractivity contribution in [3.8, 4) is 0 Å². The molecule has 0 saturated carbocycles. The van der Waals surface area contributed by atoms with Gasteiger partial charge < -0.3 is 0 Å². The fraction of sp³-hybridized carbons (Fsp3) is 0.125. The fourth-order valence-electron chi connectivity index (χ4n) is 2.14. The van der Waals surface area contributed by atoms with Crippen LogP contribution in [0.3, 0.4) is 0 Å². The summed E-state index contributed by atoms with van der Waals surface area (Å²) in [6, 6.07) is 16.5. The molecule has 0 saturated heterocycles. The van der Waals surface area contributed by atoms with Gasteiger partial charge in [0.2, 0.25) is 0 Å². The zero-order valence-electron chi connectivity index (χ0n) is 10.3. The lowest BCUT2D eigenvalue weighted by atomic mass is 10.0. The third-order valence-corrected chi connectivity index (χ3v) is 3.44. The van der Waals surface area contributed by atoms with Crippen LogP contribution in [-0.4, -0.2) is 9.97 Å². The third-order valence-electron chi connectivity index (χ3n) is 3.09. The number of rotatable bonds is 3. The van der Waals surface area contributed by atoms with Crippen molar-refractivity contribution in [1.29, 1.82) is 0 Å². The highest BCUT2D eigenvalue weighted by Gasteiger charge is 2.11. The molecule has 3 heteroatoms. The van der Waals surface area contributed by atoms with Crippen LogP contribution < -0.4 is 0 Å². The van der Waals surface area contributed by atoms with Gasteiger partial charge in [0.25, 0.3) is 0 Å². The summed E-state index contributed by atoms with van der Waals surface area (Å²) in [5.41, 5.74) is 1.20. The van der Waals surface area contributed by atoms with Crippen molar-refractivity contribution >= 4 is 22.4 Å². The summed E-state index contributed by atoms with van der Waals surface area (Å²) in [5, 5.41) is 2.29. The molecule has 0 aliphatic rings. The van der Waals surface area contributed by atoms with Crippen LogP contribution in [0.25, 0.3) is 10.8 Å². The van der Waals surface area contributed by atoms with Gasteiger partial charge in [-0.15, -0.1) is 11.6 Å². The van der Waals surface area contributed by atoms with E-state index in [1.807, 2.05) is 12.1 Å². The van der Waals surface area contributed by atoms with Crippen LogP contribution in [0.4, 0.5) is 0 Å². The molecule has 0 fully saturated rings. The van der Waals surface area contributed by atoms with Gasteiger partial charge >= 0.3 is 0 Å². The Morgan fingerprint density at radius 2 is 1.63 bits per heavy atom. The van der Waals surface area contributed by atoms with E-state index in [9.17, 15) is 0 Å². The number of hydrogen-bond acceptors (Lipinski definition) is 2. The van der Waals surface area contributed by atoms with Crippen LogP contribution in [0.15, 0.2) is 60.9 Å². The second-order valence-corrected chi connectivity index (χ2v) is 4.99. The van der Waals surface area contributed by atoms with Crippen LogP contribution in [0, 0.1) is 0 Å². The third kappa shape index (κ3) is 2.74. The quantitative estimate of drug-likeness (QED) is 0.667. The SMILES string of the molecule is ClC(Cc1ccc2ccccc2c1)c1ncccn1. The number of fused-ring (bicyclic) bond motifs is 1. The summed E-state index contributed by atoms with van der Waals surface area (Å²) in [6.07, 6.45) is 4.17. The number of alkyl halides is 1. The van der Waals surface area contributed by atoms with Gasteiger partial charge in [0.05, 0.1) is 5.38 Å². The second-order valence-electron chi connectivity index (χ2n) is 4.46. The molecule has 3 aromatic rings. The summed E-state index contributed by atoms with van der Waals surface area (Å²) >= 11 is 6.37. The minimum atomic E-state index is -0.192. The maximum Gasteiger partial charge on any atom is 0.146 e. The maximum atomic E-state index is 6.37. The van der Waals surface area contributed by atoms with Gasteiger partial charge in [0.1, 0.15) is 5.82 Å². The van der Waals surface area contributed by atoms with E-state index >= 15 is 0 Å². The zero-order chi connectivity index (χ0) is 13.1. The van der Waals surface area contributed by atoms with Crippen molar-refractivity contribution in [3.05, 3.63) is 72.3 Å². The molecule has 1 atom stereocenters. The Morgan fingerprint density at radius 3 is 2.42 bits per heavy atom. The van der Waals surface area contributed by atoms with Gasteiger partial charge in [0, 0.05) is 12.4 Å². The first-order valence-electron chi connectivity index (χ1n) is 6.21. The molecule has 19 heavy (non-hydrogen) atoms. The number of aromatic nitrogens is 2. The van der Waals surface area contributed by atoms with Crippen LogP contribution in [0.2, 0.25) is 0 Å². The lowest BCUT2D eigenvalue weighted by Crippen LogP contribution is -2.01. The van der Waals surface area contributed by atoms with E-state index < -0.39 is 0 Å². The standard InChI is InChI=1S/C16H13ClN2/c17-15(16-18-8-3-9-19-16)11-12-6-7-13-4-1-2-5-14(13)10-12/h1-10,15H,11H2. The Hall–Kier alpha value is -1.93. The molecular formula is C16H13ClN2. The first kappa shape index (κ1) is 12.1. The smallest absolute Gasteiger partial charge is 0.146 e. The summed E-state index contributed by atoms with van der Waals surface area (Å²) < 4.78 is 0. The van der Waals surface area contributed by atoms with Gasteiger partial charge in [-0.25, -0.2) is 9.97 Å².